The monoisotopic (exact) mass is 261 g/mol. The van der Waals surface area contributed by atoms with Crippen molar-refractivity contribution in [1.29, 1.82) is 0 Å². The van der Waals surface area contributed by atoms with Crippen molar-refractivity contribution >= 4 is 5.82 Å². The van der Waals surface area contributed by atoms with E-state index in [-0.39, 0.29) is 12.6 Å². The second kappa shape index (κ2) is 5.87. The van der Waals surface area contributed by atoms with Crippen molar-refractivity contribution in [3.63, 3.8) is 0 Å². The van der Waals surface area contributed by atoms with Gasteiger partial charge < -0.3 is 10.4 Å². The van der Waals surface area contributed by atoms with E-state index < -0.39 is 0 Å². The van der Waals surface area contributed by atoms with Gasteiger partial charge in [-0.2, -0.15) is 0 Å². The largest absolute Gasteiger partial charge is 0.394 e. The van der Waals surface area contributed by atoms with E-state index in [1.807, 2.05) is 0 Å². The Hall–Kier alpha value is -1.16. The summed E-state index contributed by atoms with van der Waals surface area (Å²) in [5, 5.41) is 13.0. The summed E-state index contributed by atoms with van der Waals surface area (Å²) in [6.07, 6.45) is 10.5. The Morgan fingerprint density at radius 2 is 1.95 bits per heavy atom. The molecule has 0 aliphatic heterocycles. The van der Waals surface area contributed by atoms with Crippen molar-refractivity contribution in [1.82, 2.24) is 9.97 Å². The standard InChI is InChI=1S/C15H23N3O/c19-9-14(11-4-2-1-3-5-11)18-15-8-13(12-6-7-12)16-10-17-15/h8,10-12,14,19H,1-7,9H2,(H,16,17,18)/t14-/m1/s1. The maximum Gasteiger partial charge on any atom is 0.129 e. The van der Waals surface area contributed by atoms with Gasteiger partial charge in [-0.15, -0.1) is 0 Å². The minimum atomic E-state index is 0.141. The maximum atomic E-state index is 9.62. The second-order valence-electron chi connectivity index (χ2n) is 5.93. The summed E-state index contributed by atoms with van der Waals surface area (Å²) < 4.78 is 0. The number of anilines is 1. The van der Waals surface area contributed by atoms with E-state index in [0.29, 0.717) is 11.8 Å². The summed E-state index contributed by atoms with van der Waals surface area (Å²) >= 11 is 0. The van der Waals surface area contributed by atoms with E-state index in [9.17, 15) is 5.11 Å². The van der Waals surface area contributed by atoms with Gasteiger partial charge in [0.2, 0.25) is 0 Å². The third kappa shape index (κ3) is 3.24. The Kier molecular flexibility index (Phi) is 3.97. The van der Waals surface area contributed by atoms with Gasteiger partial charge in [0.05, 0.1) is 12.6 Å². The molecule has 2 aliphatic rings. The summed E-state index contributed by atoms with van der Waals surface area (Å²) in [5.41, 5.74) is 1.15. The van der Waals surface area contributed by atoms with E-state index in [1.54, 1.807) is 6.33 Å². The van der Waals surface area contributed by atoms with Crippen molar-refractivity contribution in [2.24, 2.45) is 5.92 Å². The molecule has 3 rings (SSSR count). The molecule has 2 saturated carbocycles. The molecule has 4 nitrogen and oxygen atoms in total. The van der Waals surface area contributed by atoms with Gasteiger partial charge in [-0.05, 0) is 31.6 Å². The average Bonchev–Trinajstić information content (AvgIpc) is 3.31. The molecule has 0 unspecified atom stereocenters. The number of aliphatic hydroxyl groups is 1. The zero-order chi connectivity index (χ0) is 13.1. The number of nitrogens with one attached hydrogen (secondary N) is 1. The number of aliphatic hydroxyl groups excluding tert-OH is 1. The molecule has 0 spiro atoms. The topological polar surface area (TPSA) is 58.0 Å². The Labute approximate surface area is 114 Å². The number of aromatic nitrogens is 2. The molecule has 2 aliphatic carbocycles. The molecule has 2 N–H and O–H groups in total. The fourth-order valence-corrected chi connectivity index (χ4v) is 3.09. The lowest BCUT2D eigenvalue weighted by Crippen LogP contribution is -2.34. The second-order valence-corrected chi connectivity index (χ2v) is 5.93. The van der Waals surface area contributed by atoms with Crippen LogP contribution in [0.4, 0.5) is 5.82 Å². The first-order chi connectivity index (χ1) is 9.36. The fourth-order valence-electron chi connectivity index (χ4n) is 3.09. The molecule has 4 heteroatoms. The van der Waals surface area contributed by atoms with Gasteiger partial charge in [-0.1, -0.05) is 19.3 Å². The molecule has 0 radical (unpaired) electrons. The molecular weight excluding hydrogens is 238 g/mol. The van der Waals surface area contributed by atoms with Crippen LogP contribution in [-0.4, -0.2) is 27.7 Å². The van der Waals surface area contributed by atoms with Crippen LogP contribution >= 0.6 is 0 Å². The van der Waals surface area contributed by atoms with Gasteiger partial charge in [0.25, 0.3) is 0 Å². The molecule has 1 atom stereocenters. The smallest absolute Gasteiger partial charge is 0.129 e. The summed E-state index contributed by atoms with van der Waals surface area (Å²) in [4.78, 5) is 8.63. The van der Waals surface area contributed by atoms with Crippen LogP contribution in [0.25, 0.3) is 0 Å². The summed E-state index contributed by atoms with van der Waals surface area (Å²) in [6, 6.07) is 2.20. The van der Waals surface area contributed by atoms with E-state index in [2.05, 4.69) is 21.4 Å². The highest BCUT2D eigenvalue weighted by Crippen LogP contribution is 2.39. The molecular formula is C15H23N3O. The van der Waals surface area contributed by atoms with Crippen molar-refractivity contribution in [3.8, 4) is 0 Å². The maximum absolute atomic E-state index is 9.62. The SMILES string of the molecule is OC[C@@H](Nc1cc(C2CC2)ncn1)C1CCCCC1. The molecule has 2 fully saturated rings. The van der Waals surface area contributed by atoms with Crippen LogP contribution in [0.3, 0.4) is 0 Å². The molecule has 1 aromatic rings. The first-order valence-corrected chi connectivity index (χ1v) is 7.56. The van der Waals surface area contributed by atoms with Crippen LogP contribution in [0.2, 0.25) is 0 Å². The van der Waals surface area contributed by atoms with Crippen molar-refractivity contribution < 1.29 is 5.11 Å². The van der Waals surface area contributed by atoms with Crippen LogP contribution in [0.15, 0.2) is 12.4 Å². The third-order valence-corrected chi connectivity index (χ3v) is 4.43. The van der Waals surface area contributed by atoms with Crippen LogP contribution in [-0.2, 0) is 0 Å². The first-order valence-electron chi connectivity index (χ1n) is 7.56. The third-order valence-electron chi connectivity index (χ3n) is 4.43. The highest BCUT2D eigenvalue weighted by molar-refractivity contribution is 5.38. The molecule has 19 heavy (non-hydrogen) atoms. The van der Waals surface area contributed by atoms with Gasteiger partial charge >= 0.3 is 0 Å². The quantitative estimate of drug-likeness (QED) is 0.855. The molecule has 104 valence electrons. The Bertz CT molecular complexity index is 414. The fraction of sp³-hybridized carbons (Fsp3) is 0.733. The van der Waals surface area contributed by atoms with Crippen molar-refractivity contribution in [2.45, 2.75) is 56.9 Å². The minimum Gasteiger partial charge on any atom is -0.394 e. The Balaban J connectivity index is 1.65. The van der Waals surface area contributed by atoms with Gasteiger partial charge in [-0.3, -0.25) is 0 Å². The van der Waals surface area contributed by atoms with E-state index in [4.69, 9.17) is 0 Å². The van der Waals surface area contributed by atoms with Crippen molar-refractivity contribution in [3.05, 3.63) is 18.1 Å². The lowest BCUT2D eigenvalue weighted by molar-refractivity contribution is 0.209. The zero-order valence-corrected chi connectivity index (χ0v) is 11.4. The average molecular weight is 261 g/mol. The number of rotatable bonds is 5. The Morgan fingerprint density at radius 1 is 1.16 bits per heavy atom. The Morgan fingerprint density at radius 3 is 2.63 bits per heavy atom. The van der Waals surface area contributed by atoms with Crippen molar-refractivity contribution in [2.75, 3.05) is 11.9 Å². The van der Waals surface area contributed by atoms with Gasteiger partial charge in [-0.25, -0.2) is 9.97 Å². The van der Waals surface area contributed by atoms with Gasteiger partial charge in [0.1, 0.15) is 12.1 Å². The first kappa shape index (κ1) is 12.9. The number of hydrogen-bond acceptors (Lipinski definition) is 4. The summed E-state index contributed by atoms with van der Waals surface area (Å²) in [5.74, 6) is 2.10. The summed E-state index contributed by atoms with van der Waals surface area (Å²) in [6.45, 7) is 0.188. The van der Waals surface area contributed by atoms with Gasteiger partial charge in [0, 0.05) is 17.7 Å². The normalized spacial score (nSPS) is 22.2. The lowest BCUT2D eigenvalue weighted by atomic mass is 9.84. The van der Waals surface area contributed by atoms with Gasteiger partial charge in [0.15, 0.2) is 0 Å². The number of hydrogen-bond donors (Lipinski definition) is 2. The molecule has 1 aromatic heterocycles. The zero-order valence-electron chi connectivity index (χ0n) is 11.4. The minimum absolute atomic E-state index is 0.141. The van der Waals surface area contributed by atoms with E-state index in [1.165, 1.54) is 44.9 Å². The molecule has 1 heterocycles. The van der Waals surface area contributed by atoms with Crippen LogP contribution < -0.4 is 5.32 Å². The highest BCUT2D eigenvalue weighted by atomic mass is 16.3. The highest BCUT2D eigenvalue weighted by Gasteiger charge is 2.26. The molecule has 0 aromatic carbocycles. The van der Waals surface area contributed by atoms with Crippen LogP contribution in [0, 0.1) is 5.92 Å². The lowest BCUT2D eigenvalue weighted by Gasteiger charge is -2.30. The van der Waals surface area contributed by atoms with Crippen LogP contribution in [0.5, 0.6) is 0 Å². The predicted octanol–water partition coefficient (Wildman–Crippen LogP) is 2.71. The molecule has 0 bridgehead atoms. The van der Waals surface area contributed by atoms with E-state index in [0.717, 1.165) is 11.5 Å². The number of nitrogens with zero attached hydrogens (tertiary/aromatic N) is 2. The van der Waals surface area contributed by atoms with Crippen LogP contribution in [0.1, 0.15) is 56.6 Å². The summed E-state index contributed by atoms with van der Waals surface area (Å²) in [7, 11) is 0. The molecule has 0 saturated heterocycles. The predicted molar refractivity (Wildman–Crippen MR) is 75.1 cm³/mol. The van der Waals surface area contributed by atoms with E-state index >= 15 is 0 Å². The molecule has 0 amide bonds.